The fourth-order valence-corrected chi connectivity index (χ4v) is 6.58. The van der Waals surface area contributed by atoms with Crippen molar-refractivity contribution in [1.29, 1.82) is 0 Å². The van der Waals surface area contributed by atoms with Gasteiger partial charge in [0.25, 0.3) is 0 Å². The standard InChI is InChI=1S/C43H48N6O15/c1-7-34-37(64-34)60-21-24-63-40(54)46-30-15-12-18-33(27(30)6)49-42(56)47(31-16-10-13-28(25(31)4)44-38(52)61-22-19-58-35(50)8-2)41(55)48(43(49)57)32-17-11-14-29(26(32)5)45-39(53)62-23-20-59-36(51)9-3/h7-10,12-13,15,17-18,31,34,37H,1-3,11,14,16,19-24H2,4-6H3,(H,44,52)(H,45,53)(H,46,54). The Kier molecular flexibility index (Phi) is 16.4. The smallest absolute Gasteiger partial charge is 0.411 e. The quantitative estimate of drug-likeness (QED) is 0.0455. The molecule has 21 nitrogen and oxygen atoms in total. The van der Waals surface area contributed by atoms with Crippen molar-refractivity contribution in [3.8, 4) is 5.69 Å². The summed E-state index contributed by atoms with van der Waals surface area (Å²) in [6, 6.07) is 3.41. The van der Waals surface area contributed by atoms with Gasteiger partial charge in [0.05, 0.1) is 24.0 Å². The number of aromatic nitrogens is 3. The second kappa shape index (κ2) is 22.0. The number of epoxide rings is 1. The number of benzene rings is 1. The summed E-state index contributed by atoms with van der Waals surface area (Å²) in [5.74, 6) is -1.40. The van der Waals surface area contributed by atoms with E-state index >= 15 is 0 Å². The predicted molar refractivity (Wildman–Crippen MR) is 228 cm³/mol. The van der Waals surface area contributed by atoms with Crippen molar-refractivity contribution in [3.63, 3.8) is 0 Å². The predicted octanol–water partition coefficient (Wildman–Crippen LogP) is 3.54. The van der Waals surface area contributed by atoms with Gasteiger partial charge < -0.3 is 33.2 Å². The molecule has 1 aromatic carbocycles. The summed E-state index contributed by atoms with van der Waals surface area (Å²) in [7, 11) is 0. The molecule has 340 valence electrons. The molecule has 1 aliphatic heterocycles. The number of ether oxygens (including phenoxy) is 7. The molecule has 3 amide bonds. The van der Waals surface area contributed by atoms with Gasteiger partial charge in [0.2, 0.25) is 0 Å². The number of alkyl carbamates (subject to hydrolysis) is 2. The molecule has 2 aromatic rings. The lowest BCUT2D eigenvalue weighted by Gasteiger charge is -2.27. The number of hydrogen-bond donors (Lipinski definition) is 3. The van der Waals surface area contributed by atoms with Crippen molar-refractivity contribution in [2.45, 2.75) is 58.5 Å². The van der Waals surface area contributed by atoms with Crippen molar-refractivity contribution >= 4 is 41.6 Å². The molecular formula is C43H48N6O15. The molecule has 1 saturated heterocycles. The van der Waals surface area contributed by atoms with Crippen molar-refractivity contribution < 1.29 is 57.1 Å². The van der Waals surface area contributed by atoms with E-state index in [1.54, 1.807) is 45.1 Å². The maximum absolute atomic E-state index is 14.7. The number of amides is 3. The van der Waals surface area contributed by atoms with Crippen LogP contribution in [0.1, 0.15) is 44.7 Å². The van der Waals surface area contributed by atoms with Crippen LogP contribution in [0.2, 0.25) is 0 Å². The average molecular weight is 889 g/mol. The summed E-state index contributed by atoms with van der Waals surface area (Å²) in [5.41, 5.74) is -1.54. The molecular weight excluding hydrogens is 840 g/mol. The van der Waals surface area contributed by atoms with Gasteiger partial charge >= 0.3 is 47.3 Å². The summed E-state index contributed by atoms with van der Waals surface area (Å²) in [6.07, 6.45) is 5.53. The molecule has 3 unspecified atom stereocenters. The molecule has 5 rings (SSSR count). The number of nitrogens with zero attached hydrogens (tertiary/aromatic N) is 3. The third-order valence-corrected chi connectivity index (χ3v) is 9.91. The van der Waals surface area contributed by atoms with Crippen LogP contribution in [-0.2, 0) is 42.7 Å². The topological polar surface area (TPSA) is 255 Å². The summed E-state index contributed by atoms with van der Waals surface area (Å²) in [4.78, 5) is 105. The minimum atomic E-state index is -1.07. The molecule has 1 aromatic heterocycles. The maximum atomic E-state index is 14.7. The normalized spacial score (nSPS) is 17.6. The van der Waals surface area contributed by atoms with Crippen LogP contribution in [0.15, 0.2) is 111 Å². The highest BCUT2D eigenvalue weighted by Gasteiger charge is 2.37. The first-order valence-corrected chi connectivity index (χ1v) is 19.9. The Balaban J connectivity index is 1.52. The zero-order chi connectivity index (χ0) is 46.5. The third-order valence-electron chi connectivity index (χ3n) is 9.91. The van der Waals surface area contributed by atoms with Gasteiger partial charge in [-0.3, -0.25) is 16.0 Å². The highest BCUT2D eigenvalue weighted by molar-refractivity contribution is 5.86. The molecule has 0 bridgehead atoms. The van der Waals surface area contributed by atoms with Gasteiger partial charge in [-0.15, -0.1) is 6.58 Å². The second-order valence-electron chi connectivity index (χ2n) is 13.9. The first-order chi connectivity index (χ1) is 30.7. The summed E-state index contributed by atoms with van der Waals surface area (Å²) in [5, 5.41) is 7.81. The van der Waals surface area contributed by atoms with E-state index in [1.165, 1.54) is 18.2 Å². The molecule has 0 radical (unpaired) electrons. The highest BCUT2D eigenvalue weighted by atomic mass is 16.8. The minimum Gasteiger partial charge on any atom is -0.459 e. The first kappa shape index (κ1) is 47.5. The van der Waals surface area contributed by atoms with Gasteiger partial charge in [-0.1, -0.05) is 37.5 Å². The average Bonchev–Trinajstić information content (AvgIpc) is 4.04. The summed E-state index contributed by atoms with van der Waals surface area (Å²) < 4.78 is 38.3. The number of esters is 2. The number of hydrogen-bond acceptors (Lipinski definition) is 15. The molecule has 2 heterocycles. The first-order valence-electron chi connectivity index (χ1n) is 19.9. The van der Waals surface area contributed by atoms with Gasteiger partial charge in [0.1, 0.15) is 39.1 Å². The Morgan fingerprint density at radius 3 is 1.98 bits per heavy atom. The molecule has 1 fully saturated rings. The second-order valence-corrected chi connectivity index (χ2v) is 13.9. The summed E-state index contributed by atoms with van der Waals surface area (Å²) in [6.45, 7) is 13.8. The van der Waals surface area contributed by atoms with Gasteiger partial charge in [-0.05, 0) is 75.0 Å². The number of carbonyl (C=O) groups is 5. The van der Waals surface area contributed by atoms with E-state index in [0.29, 0.717) is 16.8 Å². The van der Waals surface area contributed by atoms with E-state index in [0.717, 1.165) is 25.9 Å². The number of carbonyl (C=O) groups excluding carboxylic acids is 5. The van der Waals surface area contributed by atoms with Crippen LogP contribution >= 0.6 is 0 Å². The van der Waals surface area contributed by atoms with E-state index in [2.05, 4.69) is 35.7 Å². The number of nitrogens with one attached hydrogen (secondary N) is 3. The molecule has 21 heteroatoms. The maximum Gasteiger partial charge on any atom is 0.411 e. The van der Waals surface area contributed by atoms with Crippen LogP contribution in [0.3, 0.4) is 0 Å². The van der Waals surface area contributed by atoms with Crippen LogP contribution < -0.4 is 33.0 Å². The SMILES string of the molecule is C=CC(=O)OCCOC(=O)NC1=C(C)C(n2c(=O)n(C3=CCCC(NC(=O)OCCOC(=O)C=C)=C3C)c(=O)n(-c3cccc(NC(=O)OCCOC4OC4C=C)c3C)c2=O)CC=C1. The van der Waals surface area contributed by atoms with Crippen molar-refractivity contribution in [1.82, 2.24) is 24.3 Å². The van der Waals surface area contributed by atoms with Crippen LogP contribution in [0.25, 0.3) is 11.4 Å². The van der Waals surface area contributed by atoms with Gasteiger partial charge in [-0.2, -0.15) is 0 Å². The lowest BCUT2D eigenvalue weighted by Crippen LogP contribution is -2.55. The molecule has 3 N–H and O–H groups in total. The van der Waals surface area contributed by atoms with E-state index in [-0.39, 0.29) is 93.3 Å². The Bertz CT molecular complexity index is 2520. The largest absolute Gasteiger partial charge is 0.459 e. The van der Waals surface area contributed by atoms with Crippen molar-refractivity contribution in [2.75, 3.05) is 45.0 Å². The van der Waals surface area contributed by atoms with Crippen LogP contribution in [-0.4, -0.2) is 96.0 Å². The van der Waals surface area contributed by atoms with Crippen LogP contribution in [0, 0.1) is 6.92 Å². The van der Waals surface area contributed by atoms with E-state index < -0.39 is 59.6 Å². The Morgan fingerprint density at radius 1 is 0.766 bits per heavy atom. The molecule has 3 atom stereocenters. The zero-order valence-corrected chi connectivity index (χ0v) is 35.4. The van der Waals surface area contributed by atoms with Gasteiger partial charge in [0.15, 0.2) is 6.29 Å². The number of rotatable bonds is 19. The fourth-order valence-electron chi connectivity index (χ4n) is 6.58. The lowest BCUT2D eigenvalue weighted by molar-refractivity contribution is -0.139. The monoisotopic (exact) mass is 888 g/mol. The Labute approximate surface area is 365 Å². The minimum absolute atomic E-state index is 0.00386. The fraction of sp³-hybridized carbons (Fsp3) is 0.349. The summed E-state index contributed by atoms with van der Waals surface area (Å²) >= 11 is 0. The Hall–Kier alpha value is -7.52. The van der Waals surface area contributed by atoms with Gasteiger partial charge in [-0.25, -0.2) is 52.1 Å². The molecule has 2 aliphatic carbocycles. The number of anilines is 1. The molecule has 0 saturated carbocycles. The molecule has 64 heavy (non-hydrogen) atoms. The van der Waals surface area contributed by atoms with E-state index in [9.17, 15) is 38.4 Å². The van der Waals surface area contributed by atoms with Crippen LogP contribution in [0.4, 0.5) is 20.1 Å². The zero-order valence-electron chi connectivity index (χ0n) is 35.4. The Morgan fingerprint density at radius 2 is 1.36 bits per heavy atom. The molecule has 0 spiro atoms. The number of allylic oxidation sites excluding steroid dienone is 7. The highest BCUT2D eigenvalue weighted by Crippen LogP contribution is 2.29. The van der Waals surface area contributed by atoms with E-state index in [4.69, 9.17) is 33.2 Å². The molecule has 3 aliphatic rings. The van der Waals surface area contributed by atoms with Crippen molar-refractivity contribution in [3.05, 3.63) is 134 Å². The van der Waals surface area contributed by atoms with Gasteiger partial charge in [0, 0.05) is 29.2 Å². The van der Waals surface area contributed by atoms with E-state index in [1.807, 2.05) is 0 Å². The van der Waals surface area contributed by atoms with Crippen LogP contribution in [0.5, 0.6) is 0 Å². The third kappa shape index (κ3) is 11.7. The van der Waals surface area contributed by atoms with Crippen molar-refractivity contribution in [2.24, 2.45) is 0 Å². The lowest BCUT2D eigenvalue weighted by atomic mass is 9.97.